The Bertz CT molecular complexity index is 972. The normalized spacial score (nSPS) is 16.2. The number of amides is 2. The minimum Gasteiger partial charge on any atom is -0.367 e. The van der Waals surface area contributed by atoms with Gasteiger partial charge in [0.15, 0.2) is 0 Å². The van der Waals surface area contributed by atoms with Crippen LogP contribution in [0.15, 0.2) is 30.5 Å². The van der Waals surface area contributed by atoms with Gasteiger partial charge in [0.2, 0.25) is 5.91 Å². The average Bonchev–Trinajstić information content (AvgIpc) is 2.76. The van der Waals surface area contributed by atoms with Gasteiger partial charge in [-0.2, -0.15) is 0 Å². The molecule has 1 aromatic carbocycles. The molecule has 7 nitrogen and oxygen atoms in total. The maximum absolute atomic E-state index is 13.1. The van der Waals surface area contributed by atoms with Crippen molar-refractivity contribution < 1.29 is 9.59 Å². The van der Waals surface area contributed by atoms with E-state index in [4.69, 9.17) is 11.6 Å². The summed E-state index contributed by atoms with van der Waals surface area (Å²) >= 11 is 6.20. The monoisotopic (exact) mass is 427 g/mol. The van der Waals surface area contributed by atoms with Crippen molar-refractivity contribution in [3.8, 4) is 0 Å². The van der Waals surface area contributed by atoms with Crippen LogP contribution in [0.5, 0.6) is 0 Å². The molecule has 0 atom stereocenters. The van der Waals surface area contributed by atoms with Crippen LogP contribution >= 0.6 is 11.6 Å². The molecule has 1 saturated heterocycles. The summed E-state index contributed by atoms with van der Waals surface area (Å²) in [6.07, 6.45) is 1.64. The van der Waals surface area contributed by atoms with Gasteiger partial charge in [-0.25, -0.2) is 4.98 Å². The van der Waals surface area contributed by atoms with E-state index in [9.17, 15) is 9.59 Å². The van der Waals surface area contributed by atoms with E-state index >= 15 is 0 Å². The lowest BCUT2D eigenvalue weighted by atomic mass is 10.1. The summed E-state index contributed by atoms with van der Waals surface area (Å²) in [5.74, 6) is 0.799. The Hall–Kier alpha value is -2.80. The number of carbonyl (C=O) groups excluding carboxylic acids is 2. The van der Waals surface area contributed by atoms with Crippen LogP contribution in [-0.4, -0.2) is 65.9 Å². The first kappa shape index (κ1) is 20.5. The van der Waals surface area contributed by atoms with E-state index in [2.05, 4.69) is 22.1 Å². The van der Waals surface area contributed by atoms with Crippen molar-refractivity contribution in [3.05, 3.63) is 52.2 Å². The van der Waals surface area contributed by atoms with E-state index in [0.29, 0.717) is 38.3 Å². The number of carbonyl (C=O) groups is 2. The van der Waals surface area contributed by atoms with Crippen molar-refractivity contribution in [1.82, 2.24) is 14.8 Å². The number of pyridine rings is 1. The molecule has 2 aliphatic rings. The second kappa shape index (κ2) is 8.52. The highest BCUT2D eigenvalue weighted by atomic mass is 35.5. The molecule has 0 unspecified atom stereocenters. The zero-order chi connectivity index (χ0) is 21.3. The topological polar surface area (TPSA) is 68.8 Å². The van der Waals surface area contributed by atoms with E-state index in [1.807, 2.05) is 24.3 Å². The largest absolute Gasteiger partial charge is 0.367 e. The van der Waals surface area contributed by atoms with Gasteiger partial charge >= 0.3 is 0 Å². The Labute approximate surface area is 181 Å². The summed E-state index contributed by atoms with van der Waals surface area (Å²) in [6, 6.07) is 7.85. The van der Waals surface area contributed by atoms with Gasteiger partial charge in [0, 0.05) is 64.0 Å². The van der Waals surface area contributed by atoms with E-state index in [1.165, 1.54) is 5.56 Å². The molecule has 2 aromatic rings. The summed E-state index contributed by atoms with van der Waals surface area (Å²) in [5.41, 5.74) is 3.84. The number of benzene rings is 1. The molecule has 0 bridgehead atoms. The first-order valence-corrected chi connectivity index (χ1v) is 10.6. The number of fused-ring (bicyclic) bond motifs is 1. The highest BCUT2D eigenvalue weighted by Gasteiger charge is 2.26. The van der Waals surface area contributed by atoms with Crippen LogP contribution in [0.3, 0.4) is 0 Å². The van der Waals surface area contributed by atoms with Crippen LogP contribution in [-0.2, 0) is 11.3 Å². The first-order valence-electron chi connectivity index (χ1n) is 10.2. The van der Waals surface area contributed by atoms with Crippen LogP contribution < -0.4 is 10.2 Å². The van der Waals surface area contributed by atoms with Gasteiger partial charge in [0.05, 0.1) is 11.3 Å². The zero-order valence-corrected chi connectivity index (χ0v) is 18.1. The number of anilines is 2. The number of rotatable bonds is 3. The lowest BCUT2D eigenvalue weighted by Gasteiger charge is -2.35. The number of nitrogens with zero attached hydrogens (tertiary/aromatic N) is 4. The summed E-state index contributed by atoms with van der Waals surface area (Å²) in [7, 11) is 0. The first-order chi connectivity index (χ1) is 14.4. The van der Waals surface area contributed by atoms with Crippen LogP contribution in [0, 0.1) is 6.92 Å². The number of aromatic nitrogens is 1. The van der Waals surface area contributed by atoms with Gasteiger partial charge in [-0.3, -0.25) is 9.59 Å². The molecule has 8 heteroatoms. The molecule has 30 heavy (non-hydrogen) atoms. The third-order valence-electron chi connectivity index (χ3n) is 5.81. The molecular formula is C22H26ClN5O2. The molecule has 0 aliphatic carbocycles. The van der Waals surface area contributed by atoms with Crippen LogP contribution in [0.2, 0.25) is 5.02 Å². The van der Waals surface area contributed by atoms with Crippen molar-refractivity contribution in [2.24, 2.45) is 0 Å². The van der Waals surface area contributed by atoms with Gasteiger partial charge < -0.3 is 20.0 Å². The molecule has 2 aliphatic heterocycles. The molecule has 1 aromatic heterocycles. The summed E-state index contributed by atoms with van der Waals surface area (Å²) in [6.45, 7) is 8.18. The van der Waals surface area contributed by atoms with Crippen LogP contribution in [0.25, 0.3) is 0 Å². The second-order valence-electron chi connectivity index (χ2n) is 7.81. The zero-order valence-electron chi connectivity index (χ0n) is 17.3. The number of hydrogen-bond acceptors (Lipinski definition) is 5. The lowest BCUT2D eigenvalue weighted by molar-refractivity contribution is -0.130. The predicted octanol–water partition coefficient (Wildman–Crippen LogP) is 2.78. The van der Waals surface area contributed by atoms with Crippen LogP contribution in [0.1, 0.15) is 28.4 Å². The second-order valence-corrected chi connectivity index (χ2v) is 8.25. The molecule has 0 radical (unpaired) electrons. The average molecular weight is 428 g/mol. The molecule has 1 N–H and O–H groups in total. The maximum Gasteiger partial charge on any atom is 0.255 e. The fourth-order valence-electron chi connectivity index (χ4n) is 3.96. The minimum atomic E-state index is -0.0436. The Balaban J connectivity index is 1.54. The van der Waals surface area contributed by atoms with E-state index < -0.39 is 0 Å². The van der Waals surface area contributed by atoms with Gasteiger partial charge in [-0.15, -0.1) is 0 Å². The molecule has 4 rings (SSSR count). The molecule has 158 valence electrons. The molecule has 1 fully saturated rings. The highest BCUT2D eigenvalue weighted by Crippen LogP contribution is 2.30. The number of aryl methyl sites for hydroxylation is 1. The molecule has 2 amide bonds. The van der Waals surface area contributed by atoms with Gasteiger partial charge in [0.1, 0.15) is 5.82 Å². The maximum atomic E-state index is 13.1. The number of halogens is 1. The third-order valence-corrected chi connectivity index (χ3v) is 6.05. The fraction of sp³-hybridized carbons (Fsp3) is 0.409. The van der Waals surface area contributed by atoms with Crippen molar-refractivity contribution >= 4 is 34.9 Å². The number of piperazine rings is 1. The summed E-state index contributed by atoms with van der Waals surface area (Å²) in [4.78, 5) is 34.9. The van der Waals surface area contributed by atoms with Crippen LogP contribution in [0.4, 0.5) is 11.5 Å². The Morgan fingerprint density at radius 1 is 1.10 bits per heavy atom. The number of nitrogens with one attached hydrogen (secondary N) is 1. The Morgan fingerprint density at radius 3 is 2.57 bits per heavy atom. The molecular weight excluding hydrogens is 402 g/mol. The quantitative estimate of drug-likeness (QED) is 0.815. The summed E-state index contributed by atoms with van der Waals surface area (Å²) in [5, 5.41) is 4.04. The lowest BCUT2D eigenvalue weighted by Crippen LogP contribution is -2.50. The van der Waals surface area contributed by atoms with Crippen molar-refractivity contribution in [3.63, 3.8) is 0 Å². The SMILES string of the molecule is CC(=O)N1CCN(C(=O)c2cnc3c(c2)N(Cc2cc(Cl)ccc2C)CCN3)CC1. The van der Waals surface area contributed by atoms with Gasteiger partial charge in [0.25, 0.3) is 5.91 Å². The smallest absolute Gasteiger partial charge is 0.255 e. The van der Waals surface area contributed by atoms with E-state index in [1.54, 1.807) is 22.9 Å². The van der Waals surface area contributed by atoms with Gasteiger partial charge in [-0.1, -0.05) is 17.7 Å². The van der Waals surface area contributed by atoms with Crippen molar-refractivity contribution in [1.29, 1.82) is 0 Å². The summed E-state index contributed by atoms with van der Waals surface area (Å²) < 4.78 is 0. The Kier molecular flexibility index (Phi) is 5.81. The van der Waals surface area contributed by atoms with Crippen molar-refractivity contribution in [2.75, 3.05) is 49.5 Å². The predicted molar refractivity (Wildman–Crippen MR) is 118 cm³/mol. The third kappa shape index (κ3) is 4.21. The minimum absolute atomic E-state index is 0.0436. The Morgan fingerprint density at radius 2 is 1.83 bits per heavy atom. The standard InChI is InChI=1S/C22H26ClN5O2/c1-15-3-4-19(23)11-18(15)14-28-6-5-24-21-20(28)12-17(13-25-21)22(30)27-9-7-26(8-10-27)16(2)29/h3-4,11-13H,5-10,14H2,1-2H3,(H,24,25). The van der Waals surface area contributed by atoms with E-state index in [-0.39, 0.29) is 11.8 Å². The highest BCUT2D eigenvalue weighted by molar-refractivity contribution is 6.30. The molecule has 0 saturated carbocycles. The molecule has 0 spiro atoms. The number of hydrogen-bond donors (Lipinski definition) is 1. The fourth-order valence-corrected chi connectivity index (χ4v) is 4.16. The van der Waals surface area contributed by atoms with Gasteiger partial charge in [-0.05, 0) is 36.2 Å². The van der Waals surface area contributed by atoms with E-state index in [0.717, 1.165) is 35.2 Å². The van der Waals surface area contributed by atoms with Crippen molar-refractivity contribution in [2.45, 2.75) is 20.4 Å². The molecule has 3 heterocycles.